The number of carbonyl (C=O) groups excluding carboxylic acids is 1. The second-order valence-electron chi connectivity index (χ2n) is 6.75. The van der Waals surface area contributed by atoms with Crippen LogP contribution in [0.1, 0.15) is 11.3 Å². The Labute approximate surface area is 160 Å². The number of benzene rings is 1. The third-order valence-electron chi connectivity index (χ3n) is 4.65. The molecule has 1 aliphatic rings. The smallest absolute Gasteiger partial charge is 0.237 e. The second kappa shape index (κ2) is 8.69. The molecule has 1 saturated heterocycles. The molecule has 8 heteroatoms. The summed E-state index contributed by atoms with van der Waals surface area (Å²) in [5.41, 5.74) is 1.05. The maximum Gasteiger partial charge on any atom is 0.237 e. The minimum Gasteiger partial charge on any atom is -0.467 e. The van der Waals surface area contributed by atoms with Crippen LogP contribution >= 0.6 is 0 Å². The molecule has 0 radical (unpaired) electrons. The van der Waals surface area contributed by atoms with E-state index in [1.165, 1.54) is 10.6 Å². The summed E-state index contributed by atoms with van der Waals surface area (Å²) in [4.78, 5) is 16.7. The van der Waals surface area contributed by atoms with Crippen LogP contribution in [0.15, 0.2) is 53.1 Å². The predicted octanol–water partition coefficient (Wildman–Crippen LogP) is 1.39. The largest absolute Gasteiger partial charge is 0.467 e. The van der Waals surface area contributed by atoms with Crippen LogP contribution in [-0.4, -0.2) is 67.4 Å². The van der Waals surface area contributed by atoms with Gasteiger partial charge in [-0.05, 0) is 17.7 Å². The minimum absolute atomic E-state index is 0.00283. The molecule has 2 aromatic rings. The van der Waals surface area contributed by atoms with Crippen molar-refractivity contribution in [2.45, 2.75) is 13.1 Å². The van der Waals surface area contributed by atoms with Crippen LogP contribution in [0.2, 0.25) is 0 Å². The van der Waals surface area contributed by atoms with Gasteiger partial charge in [0.2, 0.25) is 15.9 Å². The molecule has 0 aliphatic carbocycles. The van der Waals surface area contributed by atoms with Crippen molar-refractivity contribution in [1.29, 1.82) is 0 Å². The third kappa shape index (κ3) is 5.66. The lowest BCUT2D eigenvalue weighted by Crippen LogP contribution is -2.51. The molecule has 2 heterocycles. The quantitative estimate of drug-likeness (QED) is 0.713. The highest BCUT2D eigenvalue weighted by atomic mass is 32.2. The lowest BCUT2D eigenvalue weighted by Gasteiger charge is -2.34. The molecule has 0 bridgehead atoms. The average Bonchev–Trinajstić information content (AvgIpc) is 3.15. The Kier molecular flexibility index (Phi) is 6.30. The molecule has 0 saturated carbocycles. The SMILES string of the molecule is CS(=O)(=O)N1CCN(CC(=O)N(Cc2ccccc2)Cc2ccco2)CC1. The highest BCUT2D eigenvalue weighted by molar-refractivity contribution is 7.88. The van der Waals surface area contributed by atoms with Crippen LogP contribution in [-0.2, 0) is 27.9 Å². The number of carbonyl (C=O) groups is 1. The number of hydrogen-bond donors (Lipinski definition) is 0. The molecule has 0 N–H and O–H groups in total. The van der Waals surface area contributed by atoms with Crippen molar-refractivity contribution < 1.29 is 17.6 Å². The predicted molar refractivity (Wildman–Crippen MR) is 102 cm³/mol. The zero-order chi connectivity index (χ0) is 19.3. The van der Waals surface area contributed by atoms with Crippen LogP contribution in [0, 0.1) is 0 Å². The molecule has 27 heavy (non-hydrogen) atoms. The van der Waals surface area contributed by atoms with Crippen LogP contribution < -0.4 is 0 Å². The fourth-order valence-electron chi connectivity index (χ4n) is 3.14. The topological polar surface area (TPSA) is 74.1 Å². The van der Waals surface area contributed by atoms with E-state index >= 15 is 0 Å². The number of rotatable bonds is 7. The van der Waals surface area contributed by atoms with Gasteiger partial charge in [0.15, 0.2) is 0 Å². The molecular formula is C19H25N3O4S. The van der Waals surface area contributed by atoms with Crippen molar-refractivity contribution >= 4 is 15.9 Å². The van der Waals surface area contributed by atoms with E-state index in [2.05, 4.69) is 0 Å². The maximum atomic E-state index is 12.9. The molecule has 0 unspecified atom stereocenters. The molecule has 7 nitrogen and oxygen atoms in total. The molecule has 1 aromatic heterocycles. The van der Waals surface area contributed by atoms with E-state index in [-0.39, 0.29) is 12.5 Å². The summed E-state index contributed by atoms with van der Waals surface area (Å²) in [6, 6.07) is 13.5. The summed E-state index contributed by atoms with van der Waals surface area (Å²) < 4.78 is 30.1. The van der Waals surface area contributed by atoms with E-state index in [1.54, 1.807) is 11.2 Å². The summed E-state index contributed by atoms with van der Waals surface area (Å²) >= 11 is 0. The fourth-order valence-corrected chi connectivity index (χ4v) is 3.96. The monoisotopic (exact) mass is 391 g/mol. The van der Waals surface area contributed by atoms with E-state index in [1.807, 2.05) is 47.4 Å². The Morgan fingerprint density at radius 3 is 2.33 bits per heavy atom. The lowest BCUT2D eigenvalue weighted by molar-refractivity contribution is -0.134. The van der Waals surface area contributed by atoms with Crippen molar-refractivity contribution in [3.63, 3.8) is 0 Å². The van der Waals surface area contributed by atoms with E-state index in [0.717, 1.165) is 11.3 Å². The molecule has 0 spiro atoms. The summed E-state index contributed by atoms with van der Waals surface area (Å²) in [6.07, 6.45) is 2.82. The van der Waals surface area contributed by atoms with Crippen LogP contribution in [0.25, 0.3) is 0 Å². The van der Waals surface area contributed by atoms with Crippen LogP contribution in [0.3, 0.4) is 0 Å². The molecule has 1 aliphatic heterocycles. The van der Waals surface area contributed by atoms with Crippen molar-refractivity contribution in [3.8, 4) is 0 Å². The first-order valence-corrected chi connectivity index (χ1v) is 10.8. The van der Waals surface area contributed by atoms with Gasteiger partial charge >= 0.3 is 0 Å². The second-order valence-corrected chi connectivity index (χ2v) is 8.74. The molecule has 1 fully saturated rings. The number of sulfonamides is 1. The van der Waals surface area contributed by atoms with Gasteiger partial charge in [-0.25, -0.2) is 8.42 Å². The normalized spacial score (nSPS) is 16.3. The van der Waals surface area contributed by atoms with Crippen LogP contribution in [0.4, 0.5) is 0 Å². The number of nitrogens with zero attached hydrogens (tertiary/aromatic N) is 3. The summed E-state index contributed by atoms with van der Waals surface area (Å²) in [7, 11) is -3.17. The van der Waals surface area contributed by atoms with Gasteiger partial charge in [-0.15, -0.1) is 0 Å². The van der Waals surface area contributed by atoms with Gasteiger partial charge in [0.1, 0.15) is 5.76 Å². The number of amides is 1. The molecule has 146 valence electrons. The molecular weight excluding hydrogens is 366 g/mol. The van der Waals surface area contributed by atoms with Gasteiger partial charge < -0.3 is 9.32 Å². The maximum absolute atomic E-state index is 12.9. The summed E-state index contributed by atoms with van der Waals surface area (Å²) in [6.45, 7) is 3.13. The van der Waals surface area contributed by atoms with Crippen molar-refractivity contribution in [1.82, 2.24) is 14.1 Å². The third-order valence-corrected chi connectivity index (χ3v) is 5.96. The van der Waals surface area contributed by atoms with Crippen molar-refractivity contribution in [2.75, 3.05) is 39.0 Å². The van der Waals surface area contributed by atoms with E-state index in [0.29, 0.717) is 39.3 Å². The van der Waals surface area contributed by atoms with Gasteiger partial charge in [0.05, 0.1) is 25.6 Å². The summed E-state index contributed by atoms with van der Waals surface area (Å²) in [5, 5.41) is 0. The van der Waals surface area contributed by atoms with E-state index in [9.17, 15) is 13.2 Å². The van der Waals surface area contributed by atoms with Gasteiger partial charge in [-0.1, -0.05) is 30.3 Å². The molecule has 1 aromatic carbocycles. The lowest BCUT2D eigenvalue weighted by atomic mass is 10.2. The van der Waals surface area contributed by atoms with Crippen molar-refractivity contribution in [2.24, 2.45) is 0 Å². The molecule has 0 atom stereocenters. The zero-order valence-electron chi connectivity index (χ0n) is 15.5. The molecule has 3 rings (SSSR count). The van der Waals surface area contributed by atoms with E-state index in [4.69, 9.17) is 4.42 Å². The van der Waals surface area contributed by atoms with Crippen molar-refractivity contribution in [3.05, 3.63) is 60.1 Å². The zero-order valence-corrected chi connectivity index (χ0v) is 16.3. The average molecular weight is 391 g/mol. The Morgan fingerprint density at radius 1 is 1.04 bits per heavy atom. The van der Waals surface area contributed by atoms with Gasteiger partial charge in [0, 0.05) is 32.7 Å². The Morgan fingerprint density at radius 2 is 1.74 bits per heavy atom. The van der Waals surface area contributed by atoms with Crippen LogP contribution in [0.5, 0.6) is 0 Å². The minimum atomic E-state index is -3.17. The Hall–Kier alpha value is -2.16. The number of hydrogen-bond acceptors (Lipinski definition) is 5. The Balaban J connectivity index is 1.62. The number of furan rings is 1. The van der Waals surface area contributed by atoms with E-state index < -0.39 is 10.0 Å². The first-order valence-electron chi connectivity index (χ1n) is 8.93. The summed E-state index contributed by atoms with van der Waals surface area (Å²) in [5.74, 6) is 0.740. The fraction of sp³-hybridized carbons (Fsp3) is 0.421. The first kappa shape index (κ1) is 19.6. The first-order chi connectivity index (χ1) is 12.9. The highest BCUT2D eigenvalue weighted by Gasteiger charge is 2.26. The molecule has 1 amide bonds. The number of piperazine rings is 1. The van der Waals surface area contributed by atoms with Gasteiger partial charge in [-0.2, -0.15) is 4.31 Å². The Bertz CT molecular complexity index is 829. The standard InChI is InChI=1S/C19H25N3O4S/c1-27(24,25)22-11-9-20(10-12-22)16-19(23)21(15-18-8-5-13-26-18)14-17-6-3-2-4-7-17/h2-8,13H,9-12,14-16H2,1H3. The van der Waals surface area contributed by atoms with Gasteiger partial charge in [-0.3, -0.25) is 9.69 Å². The van der Waals surface area contributed by atoms with Gasteiger partial charge in [0.25, 0.3) is 0 Å². The highest BCUT2D eigenvalue weighted by Crippen LogP contribution is 2.13.